The number of hydrogen-bond acceptors (Lipinski definition) is 4. The van der Waals surface area contributed by atoms with E-state index in [-0.39, 0.29) is 5.97 Å². The lowest BCUT2D eigenvalue weighted by Gasteiger charge is -2.05. The van der Waals surface area contributed by atoms with Gasteiger partial charge in [0.1, 0.15) is 0 Å². The first kappa shape index (κ1) is 15.2. The number of aromatic nitrogens is 2. The van der Waals surface area contributed by atoms with Gasteiger partial charge in [0, 0.05) is 29.4 Å². The van der Waals surface area contributed by atoms with E-state index >= 15 is 0 Å². The minimum atomic E-state index is -0.384. The Hall–Kier alpha value is -2.72. The van der Waals surface area contributed by atoms with Gasteiger partial charge in [-0.2, -0.15) is 0 Å². The van der Waals surface area contributed by atoms with Crippen molar-refractivity contribution in [2.75, 3.05) is 7.11 Å². The maximum absolute atomic E-state index is 11.1. The molecule has 3 aromatic rings. The van der Waals surface area contributed by atoms with Crippen LogP contribution in [0.25, 0.3) is 28.2 Å². The van der Waals surface area contributed by atoms with E-state index in [2.05, 4.69) is 14.7 Å². The first-order valence-electron chi connectivity index (χ1n) is 6.94. The summed E-state index contributed by atoms with van der Waals surface area (Å²) >= 11 is 6.30. The Kier molecular flexibility index (Phi) is 4.35. The fourth-order valence-electron chi connectivity index (χ4n) is 2.17. The molecule has 4 nitrogen and oxygen atoms in total. The van der Waals surface area contributed by atoms with Gasteiger partial charge >= 0.3 is 5.97 Å². The number of pyridine rings is 2. The van der Waals surface area contributed by atoms with Crippen molar-refractivity contribution in [3.8, 4) is 11.3 Å². The number of methoxy groups -OCH3 is 1. The summed E-state index contributed by atoms with van der Waals surface area (Å²) in [6.07, 6.45) is 6.47. The van der Waals surface area contributed by atoms with E-state index in [1.165, 1.54) is 13.2 Å². The van der Waals surface area contributed by atoms with Crippen molar-refractivity contribution < 1.29 is 9.53 Å². The normalized spacial score (nSPS) is 11.0. The van der Waals surface area contributed by atoms with Crippen molar-refractivity contribution in [1.29, 1.82) is 0 Å². The molecule has 0 saturated heterocycles. The SMILES string of the molecule is COC(=O)/C=C/c1ccc(-c2cc(Cl)c3cnccc3n2)cc1. The predicted octanol–water partition coefficient (Wildman–Crippen LogP) is 4.14. The maximum Gasteiger partial charge on any atom is 0.330 e. The second kappa shape index (κ2) is 6.58. The van der Waals surface area contributed by atoms with Gasteiger partial charge in [0.15, 0.2) is 0 Å². The number of nitrogens with zero attached hydrogens (tertiary/aromatic N) is 2. The summed E-state index contributed by atoms with van der Waals surface area (Å²) in [4.78, 5) is 19.8. The predicted molar refractivity (Wildman–Crippen MR) is 91.0 cm³/mol. The number of carbonyl (C=O) groups excluding carboxylic acids is 1. The summed E-state index contributed by atoms with van der Waals surface area (Å²) in [6.45, 7) is 0. The highest BCUT2D eigenvalue weighted by atomic mass is 35.5. The summed E-state index contributed by atoms with van der Waals surface area (Å²) in [6, 6.07) is 11.3. The highest BCUT2D eigenvalue weighted by Gasteiger charge is 2.06. The van der Waals surface area contributed by atoms with E-state index in [1.807, 2.05) is 36.4 Å². The molecule has 114 valence electrons. The van der Waals surface area contributed by atoms with Gasteiger partial charge < -0.3 is 4.74 Å². The van der Waals surface area contributed by atoms with Crippen LogP contribution in [0.15, 0.2) is 54.9 Å². The van der Waals surface area contributed by atoms with Crippen molar-refractivity contribution in [2.24, 2.45) is 0 Å². The van der Waals surface area contributed by atoms with Gasteiger partial charge in [0.2, 0.25) is 0 Å². The lowest BCUT2D eigenvalue weighted by molar-refractivity contribution is -0.134. The van der Waals surface area contributed by atoms with Crippen molar-refractivity contribution in [3.05, 3.63) is 65.5 Å². The second-order valence-electron chi connectivity index (χ2n) is 4.86. The number of fused-ring (bicyclic) bond motifs is 1. The fourth-order valence-corrected chi connectivity index (χ4v) is 2.42. The Labute approximate surface area is 138 Å². The first-order valence-corrected chi connectivity index (χ1v) is 7.32. The number of hydrogen-bond donors (Lipinski definition) is 0. The molecule has 0 atom stereocenters. The molecular weight excluding hydrogens is 312 g/mol. The Morgan fingerprint density at radius 1 is 1.22 bits per heavy atom. The average Bonchev–Trinajstić information content (AvgIpc) is 2.60. The molecular formula is C18H13ClN2O2. The molecule has 0 saturated carbocycles. The Bertz CT molecular complexity index is 889. The van der Waals surface area contributed by atoms with Crippen LogP contribution in [0.1, 0.15) is 5.56 Å². The standard InChI is InChI=1S/C18H13ClN2O2/c1-23-18(22)7-4-12-2-5-13(6-3-12)17-10-15(19)14-11-20-9-8-16(14)21-17/h2-11H,1H3/b7-4+. The molecule has 0 bridgehead atoms. The van der Waals surface area contributed by atoms with Gasteiger partial charge in [-0.1, -0.05) is 35.9 Å². The molecule has 5 heteroatoms. The van der Waals surface area contributed by atoms with Crippen molar-refractivity contribution in [2.45, 2.75) is 0 Å². The van der Waals surface area contributed by atoms with E-state index in [0.717, 1.165) is 27.7 Å². The number of ether oxygens (including phenoxy) is 1. The highest BCUT2D eigenvalue weighted by molar-refractivity contribution is 6.35. The van der Waals surface area contributed by atoms with Crippen LogP contribution in [-0.4, -0.2) is 23.0 Å². The third-order valence-electron chi connectivity index (χ3n) is 3.38. The van der Waals surface area contributed by atoms with Crippen molar-refractivity contribution in [3.63, 3.8) is 0 Å². The van der Waals surface area contributed by atoms with Crippen LogP contribution in [-0.2, 0) is 9.53 Å². The summed E-state index contributed by atoms with van der Waals surface area (Å²) < 4.78 is 4.56. The van der Waals surface area contributed by atoms with Crippen molar-refractivity contribution in [1.82, 2.24) is 9.97 Å². The molecule has 0 N–H and O–H groups in total. The minimum Gasteiger partial charge on any atom is -0.466 e. The quantitative estimate of drug-likeness (QED) is 0.537. The third-order valence-corrected chi connectivity index (χ3v) is 3.69. The van der Waals surface area contributed by atoms with E-state index in [1.54, 1.807) is 18.5 Å². The smallest absolute Gasteiger partial charge is 0.330 e. The minimum absolute atomic E-state index is 0.384. The van der Waals surface area contributed by atoms with Crippen LogP contribution in [0, 0.1) is 0 Å². The van der Waals surface area contributed by atoms with E-state index in [4.69, 9.17) is 11.6 Å². The van der Waals surface area contributed by atoms with Crippen molar-refractivity contribution >= 4 is 34.5 Å². The number of carbonyl (C=O) groups is 1. The Balaban J connectivity index is 1.93. The van der Waals surface area contributed by atoms with Gasteiger partial charge in [-0.05, 0) is 23.8 Å². The van der Waals surface area contributed by atoms with Gasteiger partial charge in [-0.3, -0.25) is 4.98 Å². The van der Waals surface area contributed by atoms with Crippen LogP contribution < -0.4 is 0 Å². The molecule has 0 aliphatic carbocycles. The van der Waals surface area contributed by atoms with E-state index in [9.17, 15) is 4.79 Å². The van der Waals surface area contributed by atoms with Gasteiger partial charge in [-0.15, -0.1) is 0 Å². The first-order chi connectivity index (χ1) is 11.2. The zero-order valence-corrected chi connectivity index (χ0v) is 13.1. The Morgan fingerprint density at radius 2 is 2.00 bits per heavy atom. The fraction of sp³-hybridized carbons (Fsp3) is 0.0556. The number of rotatable bonds is 3. The third kappa shape index (κ3) is 3.38. The van der Waals surface area contributed by atoms with Gasteiger partial charge in [0.25, 0.3) is 0 Å². The monoisotopic (exact) mass is 324 g/mol. The van der Waals surface area contributed by atoms with Crippen LogP contribution in [0.5, 0.6) is 0 Å². The molecule has 23 heavy (non-hydrogen) atoms. The van der Waals surface area contributed by atoms with Crippen LogP contribution in [0.4, 0.5) is 0 Å². The van der Waals surface area contributed by atoms with E-state index < -0.39 is 0 Å². The average molecular weight is 325 g/mol. The number of esters is 1. The molecule has 3 rings (SSSR count). The molecule has 0 fully saturated rings. The molecule has 2 aromatic heterocycles. The molecule has 2 heterocycles. The summed E-state index contributed by atoms with van der Waals surface area (Å²) in [7, 11) is 1.35. The maximum atomic E-state index is 11.1. The molecule has 0 aliphatic rings. The Morgan fingerprint density at radius 3 is 2.74 bits per heavy atom. The molecule has 0 aliphatic heterocycles. The van der Waals surface area contributed by atoms with Crippen LogP contribution in [0.2, 0.25) is 5.02 Å². The van der Waals surface area contributed by atoms with E-state index in [0.29, 0.717) is 5.02 Å². The molecule has 0 unspecified atom stereocenters. The lowest BCUT2D eigenvalue weighted by Crippen LogP contribution is -1.93. The topological polar surface area (TPSA) is 52.1 Å². The number of halogens is 1. The van der Waals surface area contributed by atoms with Crippen LogP contribution >= 0.6 is 11.6 Å². The second-order valence-corrected chi connectivity index (χ2v) is 5.27. The number of benzene rings is 1. The summed E-state index contributed by atoms with van der Waals surface area (Å²) in [5.74, 6) is -0.384. The summed E-state index contributed by atoms with van der Waals surface area (Å²) in [5.41, 5.74) is 3.44. The lowest BCUT2D eigenvalue weighted by atomic mass is 10.1. The van der Waals surface area contributed by atoms with Crippen LogP contribution in [0.3, 0.4) is 0 Å². The largest absolute Gasteiger partial charge is 0.466 e. The van der Waals surface area contributed by atoms with Gasteiger partial charge in [0.05, 0.1) is 23.3 Å². The highest BCUT2D eigenvalue weighted by Crippen LogP contribution is 2.27. The zero-order valence-electron chi connectivity index (χ0n) is 12.4. The molecule has 0 radical (unpaired) electrons. The molecule has 0 amide bonds. The summed E-state index contributed by atoms with van der Waals surface area (Å²) in [5, 5.41) is 1.45. The zero-order chi connectivity index (χ0) is 16.2. The molecule has 1 aromatic carbocycles. The molecule has 0 spiro atoms. The van der Waals surface area contributed by atoms with Gasteiger partial charge in [-0.25, -0.2) is 9.78 Å².